The average Bonchev–Trinajstić information content (AvgIpc) is 2.42. The number of benzene rings is 2. The van der Waals surface area contributed by atoms with Crippen molar-refractivity contribution in [3.8, 4) is 11.5 Å². The first kappa shape index (κ1) is 15.5. The van der Waals surface area contributed by atoms with Crippen LogP contribution in [-0.4, -0.2) is 4.92 Å². The number of hydrogen-bond acceptors (Lipinski definition) is 4. The lowest BCUT2D eigenvalue weighted by Crippen LogP contribution is -2.03. The van der Waals surface area contributed by atoms with Gasteiger partial charge in [-0.2, -0.15) is 0 Å². The maximum Gasteiger partial charge on any atom is 0.272 e. The molecule has 5 nitrogen and oxygen atoms in total. The van der Waals surface area contributed by atoms with Gasteiger partial charge in [0.15, 0.2) is 5.75 Å². The van der Waals surface area contributed by atoms with Crippen molar-refractivity contribution < 1.29 is 14.1 Å². The molecule has 0 spiro atoms. The summed E-state index contributed by atoms with van der Waals surface area (Å²) in [6.45, 7) is -0.0791. The molecular weight excluding hydrogens is 322 g/mol. The summed E-state index contributed by atoms with van der Waals surface area (Å²) in [6, 6.07) is 6.39. The molecule has 0 saturated heterocycles. The number of ether oxygens (including phenoxy) is 1. The lowest BCUT2D eigenvalue weighted by Gasteiger charge is -2.13. The molecule has 2 aromatic rings. The molecule has 0 aliphatic rings. The summed E-state index contributed by atoms with van der Waals surface area (Å²) in [4.78, 5) is 10.1. The normalized spacial score (nSPS) is 10.5. The van der Waals surface area contributed by atoms with Crippen LogP contribution in [0, 0.1) is 15.9 Å². The summed E-state index contributed by atoms with van der Waals surface area (Å²) in [5.41, 5.74) is 5.36. The third-order valence-corrected chi connectivity index (χ3v) is 3.25. The lowest BCUT2D eigenvalue weighted by molar-refractivity contribution is -0.384. The number of non-ortho nitro benzene ring substituents is 1. The summed E-state index contributed by atoms with van der Waals surface area (Å²) < 4.78 is 19.1. The second kappa shape index (κ2) is 6.26. The smallest absolute Gasteiger partial charge is 0.272 e. The van der Waals surface area contributed by atoms with Crippen molar-refractivity contribution in [3.63, 3.8) is 0 Å². The molecule has 0 amide bonds. The monoisotopic (exact) mass is 330 g/mol. The third-order valence-electron chi connectivity index (χ3n) is 2.69. The van der Waals surface area contributed by atoms with Crippen LogP contribution in [-0.2, 0) is 6.54 Å². The van der Waals surface area contributed by atoms with Gasteiger partial charge in [0.2, 0.25) is 0 Å². The third kappa shape index (κ3) is 3.24. The van der Waals surface area contributed by atoms with Crippen LogP contribution in [0.15, 0.2) is 30.3 Å². The minimum Gasteiger partial charge on any atom is -0.454 e. The molecule has 0 atom stereocenters. The summed E-state index contributed by atoms with van der Waals surface area (Å²) >= 11 is 11.9. The van der Waals surface area contributed by atoms with Crippen molar-refractivity contribution in [1.29, 1.82) is 0 Å². The number of nitrogens with zero attached hydrogens (tertiary/aromatic N) is 1. The van der Waals surface area contributed by atoms with Crippen LogP contribution >= 0.6 is 23.2 Å². The second-order valence-corrected chi connectivity index (χ2v) is 4.83. The van der Waals surface area contributed by atoms with E-state index in [1.54, 1.807) is 0 Å². The van der Waals surface area contributed by atoms with Gasteiger partial charge >= 0.3 is 0 Å². The van der Waals surface area contributed by atoms with Crippen LogP contribution in [0.25, 0.3) is 0 Å². The zero-order valence-corrected chi connectivity index (χ0v) is 12.0. The van der Waals surface area contributed by atoms with Crippen molar-refractivity contribution in [2.24, 2.45) is 5.73 Å². The van der Waals surface area contributed by atoms with Gasteiger partial charge in [-0.3, -0.25) is 10.1 Å². The predicted molar refractivity (Wildman–Crippen MR) is 77.5 cm³/mol. The standard InChI is InChI=1S/C13H9Cl2FN2O3/c14-9-4-7(18(19)20)5-10(15)13(9)21-12-3-1-2-11(16)8(12)6-17/h1-5H,6,17H2. The van der Waals surface area contributed by atoms with Gasteiger partial charge in [0.05, 0.1) is 15.0 Å². The minimum absolute atomic E-state index is 0.00392. The van der Waals surface area contributed by atoms with Gasteiger partial charge in [0.25, 0.3) is 5.69 Å². The molecule has 110 valence electrons. The minimum atomic E-state index is -0.630. The molecule has 21 heavy (non-hydrogen) atoms. The van der Waals surface area contributed by atoms with Gasteiger partial charge in [-0.1, -0.05) is 29.3 Å². The fraction of sp³-hybridized carbons (Fsp3) is 0.0769. The molecule has 0 radical (unpaired) electrons. The number of halogens is 3. The SMILES string of the molecule is NCc1c(F)cccc1Oc1c(Cl)cc([N+](=O)[O-])cc1Cl. The van der Waals surface area contributed by atoms with Crippen LogP contribution < -0.4 is 10.5 Å². The van der Waals surface area contributed by atoms with E-state index in [4.69, 9.17) is 33.7 Å². The maximum atomic E-state index is 13.6. The Morgan fingerprint density at radius 2 is 1.90 bits per heavy atom. The first-order chi connectivity index (χ1) is 9.93. The molecule has 2 aromatic carbocycles. The van der Waals surface area contributed by atoms with E-state index in [1.165, 1.54) is 18.2 Å². The quantitative estimate of drug-likeness (QED) is 0.669. The van der Waals surface area contributed by atoms with Crippen molar-refractivity contribution in [2.75, 3.05) is 0 Å². The summed E-state index contributed by atoms with van der Waals surface area (Å²) in [5.74, 6) is -0.372. The Balaban J connectivity index is 2.45. The van der Waals surface area contributed by atoms with E-state index in [0.29, 0.717) is 0 Å². The first-order valence-corrected chi connectivity index (χ1v) is 6.48. The Morgan fingerprint density at radius 3 is 2.43 bits per heavy atom. The summed E-state index contributed by atoms with van der Waals surface area (Å²) in [7, 11) is 0. The molecule has 0 bridgehead atoms. The van der Waals surface area contributed by atoms with Gasteiger partial charge in [0, 0.05) is 24.2 Å². The highest BCUT2D eigenvalue weighted by atomic mass is 35.5. The van der Waals surface area contributed by atoms with Crippen molar-refractivity contribution in [3.05, 3.63) is 61.9 Å². The molecule has 0 fully saturated rings. The molecule has 0 heterocycles. The van der Waals surface area contributed by atoms with E-state index in [2.05, 4.69) is 0 Å². The molecule has 2 rings (SSSR count). The molecular formula is C13H9Cl2FN2O3. The summed E-state index contributed by atoms with van der Waals surface area (Å²) in [5, 5.41) is 10.6. The average molecular weight is 331 g/mol. The van der Waals surface area contributed by atoms with Gasteiger partial charge < -0.3 is 10.5 Å². The Labute approximate surface area is 129 Å². The van der Waals surface area contributed by atoms with Gasteiger partial charge in [-0.05, 0) is 12.1 Å². The van der Waals surface area contributed by atoms with Crippen LogP contribution in [0.3, 0.4) is 0 Å². The van der Waals surface area contributed by atoms with Crippen LogP contribution in [0.1, 0.15) is 5.56 Å². The molecule has 0 aliphatic carbocycles. The van der Waals surface area contributed by atoms with Crippen LogP contribution in [0.4, 0.5) is 10.1 Å². The zero-order chi connectivity index (χ0) is 15.6. The predicted octanol–water partition coefficient (Wildman–Crippen LogP) is 4.29. The van der Waals surface area contributed by atoms with E-state index in [1.807, 2.05) is 0 Å². The maximum absolute atomic E-state index is 13.6. The largest absolute Gasteiger partial charge is 0.454 e. The first-order valence-electron chi connectivity index (χ1n) is 5.72. The summed E-state index contributed by atoms with van der Waals surface area (Å²) in [6.07, 6.45) is 0. The Morgan fingerprint density at radius 1 is 1.29 bits per heavy atom. The fourth-order valence-corrected chi connectivity index (χ4v) is 2.24. The van der Waals surface area contributed by atoms with E-state index in [0.717, 1.165) is 12.1 Å². The molecule has 2 N–H and O–H groups in total. The van der Waals surface area contributed by atoms with E-state index in [-0.39, 0.29) is 39.3 Å². The highest BCUT2D eigenvalue weighted by Gasteiger charge is 2.18. The number of rotatable bonds is 4. The second-order valence-electron chi connectivity index (χ2n) is 4.02. The van der Waals surface area contributed by atoms with Crippen molar-refractivity contribution >= 4 is 28.9 Å². The Hall–Kier alpha value is -1.89. The van der Waals surface area contributed by atoms with E-state index in [9.17, 15) is 14.5 Å². The number of nitro groups is 1. The molecule has 0 aliphatic heterocycles. The molecule has 8 heteroatoms. The van der Waals surface area contributed by atoms with Gasteiger partial charge in [-0.25, -0.2) is 4.39 Å². The zero-order valence-electron chi connectivity index (χ0n) is 10.5. The van der Waals surface area contributed by atoms with Gasteiger partial charge in [0.1, 0.15) is 11.6 Å². The highest BCUT2D eigenvalue weighted by Crippen LogP contribution is 2.40. The number of nitrogens with two attached hydrogens (primary N) is 1. The van der Waals surface area contributed by atoms with Gasteiger partial charge in [-0.15, -0.1) is 0 Å². The molecule has 0 unspecified atom stereocenters. The Kier molecular flexibility index (Phi) is 4.62. The van der Waals surface area contributed by atoms with Crippen molar-refractivity contribution in [2.45, 2.75) is 6.54 Å². The highest BCUT2D eigenvalue weighted by molar-refractivity contribution is 6.37. The lowest BCUT2D eigenvalue weighted by atomic mass is 10.2. The number of hydrogen-bond donors (Lipinski definition) is 1. The van der Waals surface area contributed by atoms with E-state index < -0.39 is 10.7 Å². The van der Waals surface area contributed by atoms with Crippen LogP contribution in [0.2, 0.25) is 10.0 Å². The fourth-order valence-electron chi connectivity index (χ4n) is 1.69. The molecule has 0 aromatic heterocycles. The van der Waals surface area contributed by atoms with Crippen molar-refractivity contribution in [1.82, 2.24) is 0 Å². The number of nitro benzene ring substituents is 1. The topological polar surface area (TPSA) is 78.4 Å². The molecule has 0 saturated carbocycles. The Bertz CT molecular complexity index is 687. The van der Waals surface area contributed by atoms with Crippen LogP contribution in [0.5, 0.6) is 11.5 Å². The van der Waals surface area contributed by atoms with E-state index >= 15 is 0 Å².